The van der Waals surface area contributed by atoms with Gasteiger partial charge in [-0.15, -0.1) is 0 Å². The highest BCUT2D eigenvalue weighted by Crippen LogP contribution is 2.36. The minimum atomic E-state index is 0.425. The Labute approximate surface area is 107 Å². The summed E-state index contributed by atoms with van der Waals surface area (Å²) in [5, 5.41) is 4.37. The van der Waals surface area contributed by atoms with E-state index in [-0.39, 0.29) is 0 Å². The molecular weight excluding hydrogens is 291 g/mol. The highest BCUT2D eigenvalue weighted by molar-refractivity contribution is 9.10. The molecule has 0 saturated carbocycles. The van der Waals surface area contributed by atoms with Crippen LogP contribution in [0.2, 0.25) is 5.02 Å². The van der Waals surface area contributed by atoms with Crippen molar-refractivity contribution in [3.8, 4) is 11.3 Å². The zero-order valence-corrected chi connectivity index (χ0v) is 11.0. The second-order valence-corrected chi connectivity index (χ2v) is 4.56. The molecule has 0 amide bonds. The van der Waals surface area contributed by atoms with Crippen LogP contribution in [0.4, 0.5) is 5.82 Å². The Bertz CT molecular complexity index is 525. The van der Waals surface area contributed by atoms with E-state index >= 15 is 0 Å². The molecule has 0 radical (unpaired) electrons. The van der Waals surface area contributed by atoms with Gasteiger partial charge in [0.15, 0.2) is 11.6 Å². The van der Waals surface area contributed by atoms with Crippen molar-refractivity contribution in [2.45, 2.75) is 13.3 Å². The SMILES string of the molecule is CCc1c(N)noc1-c1cccc(Br)c1Cl. The fourth-order valence-corrected chi connectivity index (χ4v) is 2.13. The molecule has 2 aromatic rings. The van der Waals surface area contributed by atoms with Crippen molar-refractivity contribution in [2.75, 3.05) is 5.73 Å². The molecule has 1 aromatic carbocycles. The third kappa shape index (κ3) is 1.83. The molecule has 0 aliphatic rings. The Morgan fingerprint density at radius 1 is 1.50 bits per heavy atom. The lowest BCUT2D eigenvalue weighted by molar-refractivity contribution is 0.435. The minimum absolute atomic E-state index is 0.425. The van der Waals surface area contributed by atoms with Crippen molar-refractivity contribution in [3.05, 3.63) is 33.3 Å². The van der Waals surface area contributed by atoms with E-state index in [2.05, 4.69) is 21.1 Å². The van der Waals surface area contributed by atoms with Crippen LogP contribution in [0.1, 0.15) is 12.5 Å². The molecule has 16 heavy (non-hydrogen) atoms. The predicted octanol–water partition coefficient (Wildman–Crippen LogP) is 3.90. The Balaban J connectivity index is 2.63. The van der Waals surface area contributed by atoms with Gasteiger partial charge in [0.25, 0.3) is 0 Å². The van der Waals surface area contributed by atoms with Crippen molar-refractivity contribution < 1.29 is 4.52 Å². The lowest BCUT2D eigenvalue weighted by atomic mass is 10.1. The molecule has 3 nitrogen and oxygen atoms in total. The standard InChI is InChI=1S/C11H10BrClN2O/c1-2-6-10(16-15-11(6)14)7-4-3-5-8(12)9(7)13/h3-5H,2H2,1H3,(H2,14,15). The third-order valence-electron chi connectivity index (χ3n) is 2.37. The van der Waals surface area contributed by atoms with Crippen LogP contribution in [0.15, 0.2) is 27.2 Å². The van der Waals surface area contributed by atoms with Gasteiger partial charge >= 0.3 is 0 Å². The van der Waals surface area contributed by atoms with Gasteiger partial charge in [0.1, 0.15) is 0 Å². The zero-order chi connectivity index (χ0) is 11.7. The van der Waals surface area contributed by atoms with Crippen LogP contribution in [-0.4, -0.2) is 5.16 Å². The van der Waals surface area contributed by atoms with E-state index in [1.807, 2.05) is 25.1 Å². The summed E-state index contributed by atoms with van der Waals surface area (Å²) >= 11 is 9.56. The molecular formula is C11H10BrClN2O. The summed E-state index contributed by atoms with van der Waals surface area (Å²) in [6.45, 7) is 2.00. The summed E-state index contributed by atoms with van der Waals surface area (Å²) in [4.78, 5) is 0. The summed E-state index contributed by atoms with van der Waals surface area (Å²) in [6, 6.07) is 5.65. The van der Waals surface area contributed by atoms with E-state index in [0.717, 1.165) is 22.0 Å². The Hall–Kier alpha value is -1.000. The van der Waals surface area contributed by atoms with Crippen LogP contribution in [0.3, 0.4) is 0 Å². The number of benzene rings is 1. The first-order valence-corrected chi connectivity index (χ1v) is 6.00. The average molecular weight is 302 g/mol. The lowest BCUT2D eigenvalue weighted by Gasteiger charge is -2.03. The predicted molar refractivity (Wildman–Crippen MR) is 68.4 cm³/mol. The van der Waals surface area contributed by atoms with Crippen LogP contribution < -0.4 is 5.73 Å². The van der Waals surface area contributed by atoms with Crippen LogP contribution in [0, 0.1) is 0 Å². The van der Waals surface area contributed by atoms with Gasteiger partial charge in [-0.3, -0.25) is 0 Å². The number of anilines is 1. The Kier molecular flexibility index (Phi) is 3.21. The van der Waals surface area contributed by atoms with Crippen LogP contribution in [0.25, 0.3) is 11.3 Å². The summed E-state index contributed by atoms with van der Waals surface area (Å²) < 4.78 is 6.05. The highest BCUT2D eigenvalue weighted by atomic mass is 79.9. The molecule has 5 heteroatoms. The number of nitrogens with two attached hydrogens (primary N) is 1. The van der Waals surface area contributed by atoms with Crippen molar-refractivity contribution in [3.63, 3.8) is 0 Å². The average Bonchev–Trinajstić information content (AvgIpc) is 2.63. The lowest BCUT2D eigenvalue weighted by Crippen LogP contribution is -1.91. The second-order valence-electron chi connectivity index (χ2n) is 3.33. The summed E-state index contributed by atoms with van der Waals surface area (Å²) in [7, 11) is 0. The number of halogens is 2. The molecule has 0 saturated heterocycles. The third-order valence-corrected chi connectivity index (χ3v) is 3.66. The van der Waals surface area contributed by atoms with Crippen molar-refractivity contribution in [2.24, 2.45) is 0 Å². The monoisotopic (exact) mass is 300 g/mol. The molecule has 1 aromatic heterocycles. The summed E-state index contributed by atoms with van der Waals surface area (Å²) in [6.07, 6.45) is 0.757. The first kappa shape index (κ1) is 11.5. The Morgan fingerprint density at radius 3 is 2.94 bits per heavy atom. The molecule has 2 rings (SSSR count). The fraction of sp³-hybridized carbons (Fsp3) is 0.182. The highest BCUT2D eigenvalue weighted by Gasteiger charge is 2.17. The van der Waals surface area contributed by atoms with E-state index in [1.165, 1.54) is 0 Å². The van der Waals surface area contributed by atoms with E-state index in [9.17, 15) is 0 Å². The molecule has 0 fully saturated rings. The van der Waals surface area contributed by atoms with Crippen LogP contribution in [0.5, 0.6) is 0 Å². The minimum Gasteiger partial charge on any atom is -0.381 e. The van der Waals surface area contributed by atoms with Crippen LogP contribution in [-0.2, 0) is 6.42 Å². The number of nitrogen functional groups attached to an aromatic ring is 1. The van der Waals surface area contributed by atoms with Crippen molar-refractivity contribution in [1.29, 1.82) is 0 Å². The maximum Gasteiger partial charge on any atom is 0.173 e. The molecule has 84 valence electrons. The van der Waals surface area contributed by atoms with Gasteiger partial charge < -0.3 is 10.3 Å². The van der Waals surface area contributed by atoms with Gasteiger partial charge in [-0.2, -0.15) is 0 Å². The van der Waals surface area contributed by atoms with Gasteiger partial charge in [-0.25, -0.2) is 0 Å². The van der Waals surface area contributed by atoms with Crippen LogP contribution >= 0.6 is 27.5 Å². The van der Waals surface area contributed by atoms with Crippen molar-refractivity contribution >= 4 is 33.3 Å². The maximum atomic E-state index is 6.19. The van der Waals surface area contributed by atoms with Gasteiger partial charge in [-0.05, 0) is 34.5 Å². The second kappa shape index (κ2) is 4.47. The van der Waals surface area contributed by atoms with E-state index < -0.39 is 0 Å². The number of hydrogen-bond acceptors (Lipinski definition) is 3. The number of nitrogens with zero attached hydrogens (tertiary/aromatic N) is 1. The van der Waals surface area contributed by atoms with Gasteiger partial charge in [0, 0.05) is 15.6 Å². The van der Waals surface area contributed by atoms with Crippen molar-refractivity contribution in [1.82, 2.24) is 5.16 Å². The van der Waals surface area contributed by atoms with Gasteiger partial charge in [0.05, 0.1) is 5.02 Å². The van der Waals surface area contributed by atoms with E-state index in [4.69, 9.17) is 21.9 Å². The maximum absolute atomic E-state index is 6.19. The number of aromatic nitrogens is 1. The first-order chi connectivity index (χ1) is 7.65. The molecule has 0 bridgehead atoms. The molecule has 0 aliphatic carbocycles. The van der Waals surface area contributed by atoms with Gasteiger partial charge in [0.2, 0.25) is 0 Å². The zero-order valence-electron chi connectivity index (χ0n) is 8.63. The van der Waals surface area contributed by atoms with Gasteiger partial charge in [-0.1, -0.05) is 29.7 Å². The normalized spacial score (nSPS) is 10.7. The molecule has 1 heterocycles. The Morgan fingerprint density at radius 2 is 2.25 bits per heavy atom. The van der Waals surface area contributed by atoms with E-state index in [0.29, 0.717) is 16.6 Å². The number of hydrogen-bond donors (Lipinski definition) is 1. The summed E-state index contributed by atoms with van der Waals surface area (Å²) in [5.74, 6) is 1.07. The quantitative estimate of drug-likeness (QED) is 0.915. The summed E-state index contributed by atoms with van der Waals surface area (Å²) in [5.41, 5.74) is 7.41. The first-order valence-electron chi connectivity index (χ1n) is 4.83. The topological polar surface area (TPSA) is 52.0 Å². The van der Waals surface area contributed by atoms with E-state index in [1.54, 1.807) is 0 Å². The largest absolute Gasteiger partial charge is 0.381 e. The molecule has 0 spiro atoms. The molecule has 0 unspecified atom stereocenters. The molecule has 2 N–H and O–H groups in total. The molecule has 0 aliphatic heterocycles. The smallest absolute Gasteiger partial charge is 0.173 e. The molecule has 0 atom stereocenters. The fourth-order valence-electron chi connectivity index (χ4n) is 1.55. The number of rotatable bonds is 2.